The van der Waals surface area contributed by atoms with E-state index in [0.717, 1.165) is 6.42 Å². The van der Waals surface area contributed by atoms with Crippen molar-refractivity contribution in [2.45, 2.75) is 25.8 Å². The van der Waals surface area contributed by atoms with Gasteiger partial charge in [0.05, 0.1) is 17.1 Å². The lowest BCUT2D eigenvalue weighted by molar-refractivity contribution is 0.112. The number of halogens is 1. The number of nitrogens with zero attached hydrogens (tertiary/aromatic N) is 2. The Morgan fingerprint density at radius 2 is 2.16 bits per heavy atom. The maximum Gasteiger partial charge on any atom is 0.156 e. The standard InChI is InChI=1S/C11H14ClN3O3S/c1-7-13-10(12)9(5-16)11(14-7)15-8-3-2-4-19(17,18)6-8/h5,8H,2-4,6H2,1H3,(H,13,14,15). The fourth-order valence-corrected chi connectivity index (χ4v) is 3.98. The second kappa shape index (κ2) is 5.42. The molecule has 1 unspecified atom stereocenters. The quantitative estimate of drug-likeness (QED) is 0.667. The Morgan fingerprint density at radius 3 is 2.79 bits per heavy atom. The second-order valence-corrected chi connectivity index (χ2v) is 7.13. The molecule has 0 bridgehead atoms. The zero-order valence-electron chi connectivity index (χ0n) is 10.4. The molecule has 0 saturated carbocycles. The van der Waals surface area contributed by atoms with Gasteiger partial charge in [0, 0.05) is 6.04 Å². The number of aldehydes is 1. The third kappa shape index (κ3) is 3.42. The van der Waals surface area contributed by atoms with Crippen LogP contribution in [0.4, 0.5) is 5.82 Å². The molecule has 0 amide bonds. The van der Waals surface area contributed by atoms with Gasteiger partial charge in [-0.05, 0) is 19.8 Å². The molecule has 19 heavy (non-hydrogen) atoms. The van der Waals surface area contributed by atoms with Gasteiger partial charge in [0.1, 0.15) is 16.8 Å². The first-order valence-corrected chi connectivity index (χ1v) is 8.07. The number of anilines is 1. The molecule has 104 valence electrons. The average Bonchev–Trinajstić information content (AvgIpc) is 2.26. The van der Waals surface area contributed by atoms with Gasteiger partial charge in [0.2, 0.25) is 0 Å². The summed E-state index contributed by atoms with van der Waals surface area (Å²) in [5.41, 5.74) is 0.162. The minimum absolute atomic E-state index is 0.0476. The molecule has 1 fully saturated rings. The number of nitrogens with one attached hydrogen (secondary N) is 1. The van der Waals surface area contributed by atoms with Crippen LogP contribution in [0.25, 0.3) is 0 Å². The summed E-state index contributed by atoms with van der Waals surface area (Å²) in [6, 6.07) is -0.247. The molecule has 0 aliphatic carbocycles. The van der Waals surface area contributed by atoms with Crippen LogP contribution >= 0.6 is 11.6 Å². The molecule has 1 aromatic heterocycles. The molecular formula is C11H14ClN3O3S. The van der Waals surface area contributed by atoms with Gasteiger partial charge in [-0.3, -0.25) is 4.79 Å². The number of rotatable bonds is 3. The van der Waals surface area contributed by atoms with E-state index in [9.17, 15) is 13.2 Å². The highest BCUT2D eigenvalue weighted by Gasteiger charge is 2.26. The molecule has 2 heterocycles. The van der Waals surface area contributed by atoms with Gasteiger partial charge in [0.15, 0.2) is 16.1 Å². The van der Waals surface area contributed by atoms with Crippen LogP contribution in [0.15, 0.2) is 0 Å². The van der Waals surface area contributed by atoms with E-state index in [1.54, 1.807) is 6.92 Å². The largest absolute Gasteiger partial charge is 0.366 e. The van der Waals surface area contributed by atoms with Crippen LogP contribution < -0.4 is 5.32 Å². The Labute approximate surface area is 116 Å². The molecule has 1 aliphatic heterocycles. The molecule has 1 atom stereocenters. The fraction of sp³-hybridized carbons (Fsp3) is 0.545. The molecule has 6 nitrogen and oxygen atoms in total. The lowest BCUT2D eigenvalue weighted by Crippen LogP contribution is -2.35. The number of hydrogen-bond acceptors (Lipinski definition) is 6. The van der Waals surface area contributed by atoms with Gasteiger partial charge in [-0.1, -0.05) is 11.6 Å². The second-order valence-electron chi connectivity index (χ2n) is 4.54. The maximum absolute atomic E-state index is 11.6. The van der Waals surface area contributed by atoms with E-state index in [4.69, 9.17) is 11.6 Å². The molecule has 8 heteroatoms. The molecule has 2 rings (SSSR count). The minimum atomic E-state index is -3.02. The monoisotopic (exact) mass is 303 g/mol. The van der Waals surface area contributed by atoms with Crippen molar-refractivity contribution in [1.29, 1.82) is 0 Å². The van der Waals surface area contributed by atoms with E-state index in [2.05, 4.69) is 15.3 Å². The lowest BCUT2D eigenvalue weighted by Gasteiger charge is -2.24. The molecule has 1 saturated heterocycles. The van der Waals surface area contributed by atoms with Crippen molar-refractivity contribution >= 4 is 33.5 Å². The predicted molar refractivity (Wildman–Crippen MR) is 72.5 cm³/mol. The van der Waals surface area contributed by atoms with Gasteiger partial charge < -0.3 is 5.32 Å². The summed E-state index contributed by atoms with van der Waals surface area (Å²) in [6.45, 7) is 1.66. The predicted octanol–water partition coefficient (Wildman–Crippen LogP) is 1.24. The molecule has 0 radical (unpaired) electrons. The number of sulfone groups is 1. The van der Waals surface area contributed by atoms with Crippen molar-refractivity contribution in [3.8, 4) is 0 Å². The Morgan fingerprint density at radius 1 is 1.42 bits per heavy atom. The number of carbonyl (C=O) groups excluding carboxylic acids is 1. The van der Waals surface area contributed by atoms with E-state index >= 15 is 0 Å². The van der Waals surface area contributed by atoms with Gasteiger partial charge in [-0.2, -0.15) is 0 Å². The Bertz CT molecular complexity index is 603. The van der Waals surface area contributed by atoms with Gasteiger partial charge >= 0.3 is 0 Å². The fourth-order valence-electron chi connectivity index (χ4n) is 2.09. The van der Waals surface area contributed by atoms with Gasteiger partial charge in [-0.25, -0.2) is 18.4 Å². The summed E-state index contributed by atoms with van der Waals surface area (Å²) < 4.78 is 23.1. The van der Waals surface area contributed by atoms with Crippen LogP contribution in [0.5, 0.6) is 0 Å². The Kier molecular flexibility index (Phi) is 4.05. The van der Waals surface area contributed by atoms with Crippen LogP contribution in [-0.2, 0) is 9.84 Å². The maximum atomic E-state index is 11.6. The van der Waals surface area contributed by atoms with Gasteiger partial charge in [-0.15, -0.1) is 0 Å². The number of aryl methyl sites for hydroxylation is 1. The zero-order chi connectivity index (χ0) is 14.0. The summed E-state index contributed by atoms with van der Waals surface area (Å²) in [5.74, 6) is 0.993. The first kappa shape index (κ1) is 14.2. The molecule has 0 aromatic carbocycles. The van der Waals surface area contributed by atoms with Crippen LogP contribution in [0, 0.1) is 6.92 Å². The number of carbonyl (C=O) groups is 1. The Balaban J connectivity index is 2.26. The molecule has 1 aromatic rings. The number of aromatic nitrogens is 2. The molecule has 1 N–H and O–H groups in total. The van der Waals surface area contributed by atoms with Crippen molar-refractivity contribution in [3.05, 3.63) is 16.5 Å². The van der Waals surface area contributed by atoms with Crippen molar-refractivity contribution in [2.24, 2.45) is 0 Å². The summed E-state index contributed by atoms with van der Waals surface area (Å²) in [7, 11) is -3.02. The number of hydrogen-bond donors (Lipinski definition) is 1. The van der Waals surface area contributed by atoms with Crippen molar-refractivity contribution in [1.82, 2.24) is 9.97 Å². The summed E-state index contributed by atoms with van der Waals surface area (Å²) in [4.78, 5) is 19.0. The lowest BCUT2D eigenvalue weighted by atomic mass is 10.2. The third-order valence-corrected chi connectivity index (χ3v) is 5.04. The van der Waals surface area contributed by atoms with Crippen LogP contribution in [0.1, 0.15) is 29.0 Å². The van der Waals surface area contributed by atoms with Crippen molar-refractivity contribution < 1.29 is 13.2 Å². The molecule has 1 aliphatic rings. The minimum Gasteiger partial charge on any atom is -0.366 e. The van der Waals surface area contributed by atoms with Crippen LogP contribution in [0.2, 0.25) is 5.15 Å². The highest BCUT2D eigenvalue weighted by atomic mass is 35.5. The van der Waals surface area contributed by atoms with E-state index in [1.807, 2.05) is 0 Å². The molecule has 0 spiro atoms. The third-order valence-electron chi connectivity index (χ3n) is 2.93. The normalized spacial score (nSPS) is 21.9. The first-order valence-electron chi connectivity index (χ1n) is 5.87. The first-order chi connectivity index (χ1) is 8.91. The smallest absolute Gasteiger partial charge is 0.156 e. The topological polar surface area (TPSA) is 89.0 Å². The highest BCUT2D eigenvalue weighted by molar-refractivity contribution is 7.91. The summed E-state index contributed by atoms with van der Waals surface area (Å²) >= 11 is 5.87. The van der Waals surface area contributed by atoms with Crippen molar-refractivity contribution in [2.75, 3.05) is 16.8 Å². The van der Waals surface area contributed by atoms with Gasteiger partial charge in [0.25, 0.3) is 0 Å². The summed E-state index contributed by atoms with van der Waals surface area (Å²) in [5, 5.41) is 3.06. The van der Waals surface area contributed by atoms with Crippen LogP contribution in [0.3, 0.4) is 0 Å². The van der Waals surface area contributed by atoms with E-state index in [1.165, 1.54) is 0 Å². The van der Waals surface area contributed by atoms with Crippen LogP contribution in [-0.4, -0.2) is 42.2 Å². The van der Waals surface area contributed by atoms with E-state index in [0.29, 0.717) is 24.3 Å². The summed E-state index contributed by atoms with van der Waals surface area (Å²) in [6.07, 6.45) is 1.90. The zero-order valence-corrected chi connectivity index (χ0v) is 12.0. The SMILES string of the molecule is Cc1nc(Cl)c(C=O)c(NC2CCCS(=O)(=O)C2)n1. The van der Waals surface area contributed by atoms with E-state index in [-0.39, 0.29) is 28.3 Å². The van der Waals surface area contributed by atoms with E-state index < -0.39 is 9.84 Å². The Hall–Kier alpha value is -1.21. The molecular weight excluding hydrogens is 290 g/mol. The highest BCUT2D eigenvalue weighted by Crippen LogP contribution is 2.22. The van der Waals surface area contributed by atoms with Crippen molar-refractivity contribution in [3.63, 3.8) is 0 Å². The average molecular weight is 304 g/mol.